The zero-order chi connectivity index (χ0) is 20.2. The van der Waals surface area contributed by atoms with Crippen LogP contribution < -0.4 is 9.64 Å². The van der Waals surface area contributed by atoms with Gasteiger partial charge in [-0.15, -0.1) is 0 Å². The summed E-state index contributed by atoms with van der Waals surface area (Å²) in [5, 5.41) is 1.09. The number of piperazine rings is 1. The van der Waals surface area contributed by atoms with Crippen molar-refractivity contribution < 1.29 is 9.53 Å². The highest BCUT2D eigenvalue weighted by molar-refractivity contribution is 7.18. The number of carbonyl (C=O) groups is 1. The summed E-state index contributed by atoms with van der Waals surface area (Å²) in [5.41, 5.74) is 3.50. The molecule has 0 amide bonds. The van der Waals surface area contributed by atoms with E-state index in [1.54, 1.807) is 11.3 Å². The Morgan fingerprint density at radius 1 is 1.10 bits per heavy atom. The van der Waals surface area contributed by atoms with E-state index in [4.69, 9.17) is 4.74 Å². The molecule has 2 aromatic carbocycles. The van der Waals surface area contributed by atoms with Crippen LogP contribution in [0.5, 0.6) is 5.75 Å². The number of thiazole rings is 1. The molecule has 1 aliphatic heterocycles. The van der Waals surface area contributed by atoms with E-state index in [0.717, 1.165) is 43.4 Å². The van der Waals surface area contributed by atoms with E-state index in [2.05, 4.69) is 45.1 Å². The van der Waals surface area contributed by atoms with Crippen LogP contribution in [0, 0.1) is 6.92 Å². The summed E-state index contributed by atoms with van der Waals surface area (Å²) < 4.78 is 5.27. The van der Waals surface area contributed by atoms with Crippen LogP contribution in [0.3, 0.4) is 0 Å². The number of carbonyl (C=O) groups excluding carboxylic acids is 1. The van der Waals surface area contributed by atoms with E-state index in [-0.39, 0.29) is 5.97 Å². The number of aryl methyl sites for hydroxylation is 1. The number of ether oxygens (including phenoxy) is 1. The molecule has 5 nitrogen and oxygen atoms in total. The highest BCUT2D eigenvalue weighted by atomic mass is 32.1. The number of nitrogens with zero attached hydrogens (tertiary/aromatic N) is 3. The van der Waals surface area contributed by atoms with E-state index in [9.17, 15) is 4.79 Å². The average molecular weight is 408 g/mol. The molecule has 0 N–H and O–H groups in total. The van der Waals surface area contributed by atoms with E-state index in [1.165, 1.54) is 22.9 Å². The lowest BCUT2D eigenvalue weighted by Gasteiger charge is -2.34. The maximum absolute atomic E-state index is 11.2. The van der Waals surface area contributed by atoms with Gasteiger partial charge in [0.15, 0.2) is 5.13 Å². The lowest BCUT2D eigenvalue weighted by Crippen LogP contribution is -2.45. The van der Waals surface area contributed by atoms with E-state index >= 15 is 0 Å². The van der Waals surface area contributed by atoms with Crippen molar-refractivity contribution in [2.75, 3.05) is 31.1 Å². The Balaban J connectivity index is 1.36. The van der Waals surface area contributed by atoms with Crippen molar-refractivity contribution in [3.8, 4) is 16.2 Å². The molecule has 1 aromatic heterocycles. The fourth-order valence-electron chi connectivity index (χ4n) is 3.64. The van der Waals surface area contributed by atoms with Crippen molar-refractivity contribution in [3.05, 3.63) is 65.9 Å². The largest absolute Gasteiger partial charge is 0.427 e. The smallest absolute Gasteiger partial charge is 0.308 e. The van der Waals surface area contributed by atoms with Gasteiger partial charge in [0.2, 0.25) is 0 Å². The summed E-state index contributed by atoms with van der Waals surface area (Å²) in [6.07, 6.45) is 1.98. The SMILES string of the molecule is CC(=O)Oc1cc(C)cc(CN2CCN(c3ncc(-c4ccccc4)s3)CC2)c1. The Labute approximate surface area is 175 Å². The first-order valence-electron chi connectivity index (χ1n) is 9.84. The third-order valence-electron chi connectivity index (χ3n) is 4.97. The van der Waals surface area contributed by atoms with Crippen LogP contribution in [0.1, 0.15) is 18.1 Å². The number of anilines is 1. The number of hydrogen-bond donors (Lipinski definition) is 0. The molecule has 150 valence electrons. The Kier molecular flexibility index (Phi) is 5.92. The highest BCUT2D eigenvalue weighted by Crippen LogP contribution is 2.31. The Morgan fingerprint density at radius 3 is 2.59 bits per heavy atom. The Hall–Kier alpha value is -2.70. The van der Waals surface area contributed by atoms with Gasteiger partial charge in [0.05, 0.1) is 4.88 Å². The topological polar surface area (TPSA) is 45.7 Å². The van der Waals surface area contributed by atoms with Gasteiger partial charge in [-0.05, 0) is 35.7 Å². The second-order valence-corrected chi connectivity index (χ2v) is 8.39. The number of aromatic nitrogens is 1. The summed E-state index contributed by atoms with van der Waals surface area (Å²) in [4.78, 5) is 21.9. The van der Waals surface area contributed by atoms with Gasteiger partial charge in [0, 0.05) is 45.8 Å². The average Bonchev–Trinajstić information content (AvgIpc) is 3.18. The quantitative estimate of drug-likeness (QED) is 0.464. The fourth-order valence-corrected chi connectivity index (χ4v) is 4.62. The second-order valence-electron chi connectivity index (χ2n) is 7.38. The highest BCUT2D eigenvalue weighted by Gasteiger charge is 2.20. The van der Waals surface area contributed by atoms with Crippen LogP contribution in [-0.4, -0.2) is 42.0 Å². The Morgan fingerprint density at radius 2 is 1.86 bits per heavy atom. The van der Waals surface area contributed by atoms with Gasteiger partial charge < -0.3 is 9.64 Å². The van der Waals surface area contributed by atoms with Gasteiger partial charge in [-0.3, -0.25) is 9.69 Å². The van der Waals surface area contributed by atoms with Crippen LogP contribution >= 0.6 is 11.3 Å². The van der Waals surface area contributed by atoms with Crippen LogP contribution in [0.15, 0.2) is 54.7 Å². The minimum absolute atomic E-state index is 0.284. The zero-order valence-corrected chi connectivity index (χ0v) is 17.6. The molecule has 0 aliphatic carbocycles. The van der Waals surface area contributed by atoms with Crippen molar-refractivity contribution in [2.24, 2.45) is 0 Å². The van der Waals surface area contributed by atoms with Gasteiger partial charge >= 0.3 is 5.97 Å². The standard InChI is InChI=1S/C23H25N3O2S/c1-17-12-19(14-21(13-17)28-18(2)27)16-25-8-10-26(11-9-25)23-24-15-22(29-23)20-6-4-3-5-7-20/h3-7,12-15H,8-11,16H2,1-2H3. The van der Waals surface area contributed by atoms with E-state index < -0.39 is 0 Å². The summed E-state index contributed by atoms with van der Waals surface area (Å²) in [6, 6.07) is 16.4. The monoisotopic (exact) mass is 407 g/mol. The molecule has 2 heterocycles. The van der Waals surface area contributed by atoms with Crippen LogP contribution in [0.2, 0.25) is 0 Å². The molecule has 3 aromatic rings. The molecule has 0 saturated carbocycles. The van der Waals surface area contributed by atoms with Gasteiger partial charge in [0.25, 0.3) is 0 Å². The molecule has 6 heteroatoms. The van der Waals surface area contributed by atoms with Crippen molar-refractivity contribution in [3.63, 3.8) is 0 Å². The number of esters is 1. The first kappa shape index (κ1) is 19.6. The first-order chi connectivity index (χ1) is 14.1. The number of benzene rings is 2. The molecular weight excluding hydrogens is 382 g/mol. The molecule has 0 unspecified atom stereocenters. The maximum atomic E-state index is 11.2. The lowest BCUT2D eigenvalue weighted by molar-refractivity contribution is -0.131. The third-order valence-corrected chi connectivity index (χ3v) is 6.08. The van der Waals surface area contributed by atoms with E-state index in [1.807, 2.05) is 31.3 Å². The second kappa shape index (κ2) is 8.76. The van der Waals surface area contributed by atoms with Gasteiger partial charge in [-0.2, -0.15) is 0 Å². The minimum atomic E-state index is -0.284. The summed E-state index contributed by atoms with van der Waals surface area (Å²) >= 11 is 1.76. The molecule has 29 heavy (non-hydrogen) atoms. The summed E-state index contributed by atoms with van der Waals surface area (Å²) in [7, 11) is 0. The molecule has 1 saturated heterocycles. The van der Waals surface area contributed by atoms with Gasteiger partial charge in [0.1, 0.15) is 5.75 Å². The van der Waals surface area contributed by atoms with Crippen LogP contribution in [-0.2, 0) is 11.3 Å². The van der Waals surface area contributed by atoms with Crippen molar-refractivity contribution in [1.82, 2.24) is 9.88 Å². The minimum Gasteiger partial charge on any atom is -0.427 e. The zero-order valence-electron chi connectivity index (χ0n) is 16.8. The molecule has 0 atom stereocenters. The predicted molar refractivity (Wildman–Crippen MR) is 118 cm³/mol. The molecule has 0 bridgehead atoms. The number of hydrogen-bond acceptors (Lipinski definition) is 6. The van der Waals surface area contributed by atoms with Crippen LogP contribution in [0.25, 0.3) is 10.4 Å². The summed E-state index contributed by atoms with van der Waals surface area (Å²) in [5.74, 6) is 0.343. The molecular formula is C23H25N3O2S. The van der Waals surface area contributed by atoms with Crippen LogP contribution in [0.4, 0.5) is 5.13 Å². The summed E-state index contributed by atoms with van der Waals surface area (Å²) in [6.45, 7) is 8.21. The first-order valence-corrected chi connectivity index (χ1v) is 10.7. The third kappa shape index (κ3) is 5.02. The normalized spacial score (nSPS) is 14.8. The van der Waals surface area contributed by atoms with Gasteiger partial charge in [-0.1, -0.05) is 47.7 Å². The van der Waals surface area contributed by atoms with E-state index in [0.29, 0.717) is 5.75 Å². The number of rotatable bonds is 5. The Bertz CT molecular complexity index is 979. The van der Waals surface area contributed by atoms with Crippen molar-refractivity contribution >= 4 is 22.4 Å². The lowest BCUT2D eigenvalue weighted by atomic mass is 10.1. The van der Waals surface area contributed by atoms with Crippen molar-refractivity contribution in [1.29, 1.82) is 0 Å². The predicted octanol–water partition coefficient (Wildman–Crippen LogP) is 4.37. The molecule has 1 aliphatic rings. The molecule has 0 radical (unpaired) electrons. The molecule has 1 fully saturated rings. The maximum Gasteiger partial charge on any atom is 0.308 e. The van der Waals surface area contributed by atoms with Gasteiger partial charge in [-0.25, -0.2) is 4.98 Å². The fraction of sp³-hybridized carbons (Fsp3) is 0.304. The molecule has 4 rings (SSSR count). The van der Waals surface area contributed by atoms with Crippen molar-refractivity contribution in [2.45, 2.75) is 20.4 Å². The molecule has 0 spiro atoms.